The maximum Gasteiger partial charge on any atom is 0.235 e. The summed E-state index contributed by atoms with van der Waals surface area (Å²) in [5, 5.41) is 0. The Balaban J connectivity index is 1.82. The maximum absolute atomic E-state index is 10.6. The van der Waals surface area contributed by atoms with E-state index in [4.69, 9.17) is 0 Å². The Labute approximate surface area is 127 Å². The van der Waals surface area contributed by atoms with Crippen molar-refractivity contribution in [1.29, 1.82) is 0 Å². The van der Waals surface area contributed by atoms with Gasteiger partial charge in [-0.1, -0.05) is 32.1 Å². The zero-order valence-corrected chi connectivity index (χ0v) is 12.8. The van der Waals surface area contributed by atoms with Crippen molar-refractivity contribution in [3.05, 3.63) is 0 Å². The summed E-state index contributed by atoms with van der Waals surface area (Å²) in [6, 6.07) is -0.00749. The summed E-state index contributed by atoms with van der Waals surface area (Å²) < 4.78 is 0. The summed E-state index contributed by atoms with van der Waals surface area (Å²) in [5.74, 6) is 2.29. The summed E-state index contributed by atoms with van der Waals surface area (Å²) in [5.41, 5.74) is 0. The van der Waals surface area contributed by atoms with Gasteiger partial charge in [-0.2, -0.15) is 0 Å². The van der Waals surface area contributed by atoms with Gasteiger partial charge in [-0.25, -0.2) is 19.6 Å². The first-order chi connectivity index (χ1) is 10.3. The van der Waals surface area contributed by atoms with E-state index in [9.17, 15) is 9.59 Å². The highest BCUT2D eigenvalue weighted by Gasteiger charge is 2.31. The molecule has 116 valence electrons. The number of hydrogen-bond donors (Lipinski definition) is 0. The molecule has 4 nitrogen and oxygen atoms in total. The molecular formula is C17H26N2O2. The molecule has 0 N–H and O–H groups in total. The Morgan fingerprint density at radius 3 is 2.14 bits per heavy atom. The van der Waals surface area contributed by atoms with Gasteiger partial charge >= 0.3 is 0 Å². The molecule has 0 aromatic carbocycles. The van der Waals surface area contributed by atoms with Crippen molar-refractivity contribution in [1.82, 2.24) is 0 Å². The fourth-order valence-corrected chi connectivity index (χ4v) is 4.32. The van der Waals surface area contributed by atoms with E-state index in [1.807, 2.05) is 0 Å². The summed E-state index contributed by atoms with van der Waals surface area (Å²) in [6.07, 6.45) is 15.8. The van der Waals surface area contributed by atoms with Gasteiger partial charge in [-0.3, -0.25) is 0 Å². The maximum atomic E-state index is 10.6. The molecule has 0 spiro atoms. The Morgan fingerprint density at radius 2 is 1.52 bits per heavy atom. The van der Waals surface area contributed by atoms with Gasteiger partial charge in [-0.05, 0) is 49.9 Å². The first-order valence-electron chi connectivity index (χ1n) is 8.45. The van der Waals surface area contributed by atoms with Gasteiger partial charge in [0, 0.05) is 0 Å². The van der Waals surface area contributed by atoms with E-state index in [0.29, 0.717) is 18.9 Å². The van der Waals surface area contributed by atoms with Gasteiger partial charge in [-0.15, -0.1) is 0 Å². The number of rotatable bonds is 6. The molecule has 2 aliphatic rings. The predicted octanol–water partition coefficient (Wildman–Crippen LogP) is 3.80. The fraction of sp³-hybridized carbons (Fsp3) is 0.882. The molecule has 0 radical (unpaired) electrons. The van der Waals surface area contributed by atoms with E-state index in [1.165, 1.54) is 44.9 Å². The van der Waals surface area contributed by atoms with E-state index in [2.05, 4.69) is 9.98 Å². The van der Waals surface area contributed by atoms with Gasteiger partial charge < -0.3 is 0 Å². The van der Waals surface area contributed by atoms with Gasteiger partial charge in [0.2, 0.25) is 12.2 Å². The number of nitrogens with zero attached hydrogens (tertiary/aromatic N) is 2. The van der Waals surface area contributed by atoms with Gasteiger partial charge in [0.05, 0.1) is 12.6 Å². The largest absolute Gasteiger partial charge is 0.235 e. The minimum absolute atomic E-state index is 0.00749. The highest BCUT2D eigenvalue weighted by atomic mass is 16.1. The Kier molecular flexibility index (Phi) is 6.85. The molecule has 1 unspecified atom stereocenters. The van der Waals surface area contributed by atoms with Crippen molar-refractivity contribution >= 4 is 12.2 Å². The summed E-state index contributed by atoms with van der Waals surface area (Å²) in [7, 11) is 0. The third kappa shape index (κ3) is 4.91. The summed E-state index contributed by atoms with van der Waals surface area (Å²) >= 11 is 0. The van der Waals surface area contributed by atoms with Gasteiger partial charge in [0.25, 0.3) is 0 Å². The number of aliphatic imine (C=N–C) groups is 2. The standard InChI is InChI=1S/C17H26N2O2/c20-12-18-11-10-17(19-13-21)16-8-6-15(7-9-16)14-4-2-1-3-5-14/h14-17H,1-11H2. The van der Waals surface area contributed by atoms with E-state index in [-0.39, 0.29) is 6.04 Å². The first kappa shape index (κ1) is 16.1. The van der Waals surface area contributed by atoms with Crippen molar-refractivity contribution in [2.24, 2.45) is 27.7 Å². The van der Waals surface area contributed by atoms with Gasteiger partial charge in [0.15, 0.2) is 0 Å². The van der Waals surface area contributed by atoms with E-state index < -0.39 is 0 Å². The molecule has 0 aromatic heterocycles. The molecule has 2 rings (SSSR count). The number of carbonyl (C=O) groups excluding carboxylic acids is 2. The lowest BCUT2D eigenvalue weighted by Gasteiger charge is -2.37. The quantitative estimate of drug-likeness (QED) is 0.552. The molecule has 0 heterocycles. The van der Waals surface area contributed by atoms with Crippen LogP contribution in [0.5, 0.6) is 0 Å². The summed E-state index contributed by atoms with van der Waals surface area (Å²) in [6.45, 7) is 0.419. The van der Waals surface area contributed by atoms with Crippen LogP contribution in [0.1, 0.15) is 64.2 Å². The minimum Gasteiger partial charge on any atom is -0.211 e. The Morgan fingerprint density at radius 1 is 0.857 bits per heavy atom. The zero-order valence-electron chi connectivity index (χ0n) is 12.8. The van der Waals surface area contributed by atoms with E-state index in [1.54, 1.807) is 12.2 Å². The average Bonchev–Trinajstić information content (AvgIpc) is 2.55. The molecule has 0 aromatic rings. The highest BCUT2D eigenvalue weighted by Crippen LogP contribution is 2.41. The van der Waals surface area contributed by atoms with Crippen LogP contribution in [0.2, 0.25) is 0 Å². The highest BCUT2D eigenvalue weighted by molar-refractivity contribution is 5.34. The topological polar surface area (TPSA) is 58.9 Å². The Bertz CT molecular complexity index is 397. The molecule has 0 bridgehead atoms. The molecule has 0 amide bonds. The van der Waals surface area contributed by atoms with Crippen molar-refractivity contribution < 1.29 is 9.59 Å². The smallest absolute Gasteiger partial charge is 0.211 e. The lowest BCUT2D eigenvalue weighted by atomic mass is 9.69. The molecule has 0 saturated heterocycles. The average molecular weight is 290 g/mol. The van der Waals surface area contributed by atoms with Crippen LogP contribution in [-0.4, -0.2) is 24.7 Å². The monoisotopic (exact) mass is 290 g/mol. The fourth-order valence-electron chi connectivity index (χ4n) is 4.32. The number of hydrogen-bond acceptors (Lipinski definition) is 4. The number of isocyanates is 2. The Hall–Kier alpha value is -1.24. The SMILES string of the molecule is O=C=NCCC(N=C=O)C1CCC(C2CCCCC2)CC1. The second-order valence-electron chi connectivity index (χ2n) is 6.62. The third-order valence-electron chi connectivity index (χ3n) is 5.50. The molecule has 21 heavy (non-hydrogen) atoms. The van der Waals surface area contributed by atoms with Crippen LogP contribution in [0.15, 0.2) is 9.98 Å². The molecule has 2 fully saturated rings. The normalized spacial score (nSPS) is 28.2. The van der Waals surface area contributed by atoms with Crippen LogP contribution in [0, 0.1) is 17.8 Å². The molecule has 1 atom stereocenters. The zero-order chi connectivity index (χ0) is 14.9. The third-order valence-corrected chi connectivity index (χ3v) is 5.50. The van der Waals surface area contributed by atoms with Crippen molar-refractivity contribution in [2.75, 3.05) is 6.54 Å². The van der Waals surface area contributed by atoms with Crippen LogP contribution in [0.4, 0.5) is 0 Å². The lowest BCUT2D eigenvalue weighted by molar-refractivity contribution is 0.155. The second kappa shape index (κ2) is 8.92. The van der Waals surface area contributed by atoms with Crippen LogP contribution >= 0.6 is 0 Å². The van der Waals surface area contributed by atoms with Crippen LogP contribution in [0.25, 0.3) is 0 Å². The summed E-state index contributed by atoms with van der Waals surface area (Å²) in [4.78, 5) is 28.3. The molecule has 2 aliphatic carbocycles. The molecule has 2 saturated carbocycles. The minimum atomic E-state index is -0.00749. The van der Waals surface area contributed by atoms with Crippen molar-refractivity contribution in [3.63, 3.8) is 0 Å². The predicted molar refractivity (Wildman–Crippen MR) is 81.5 cm³/mol. The van der Waals surface area contributed by atoms with E-state index >= 15 is 0 Å². The molecule has 0 aliphatic heterocycles. The van der Waals surface area contributed by atoms with E-state index in [0.717, 1.165) is 24.7 Å². The lowest BCUT2D eigenvalue weighted by Crippen LogP contribution is -2.29. The van der Waals surface area contributed by atoms with Crippen molar-refractivity contribution in [3.8, 4) is 0 Å². The van der Waals surface area contributed by atoms with Crippen LogP contribution in [0.3, 0.4) is 0 Å². The van der Waals surface area contributed by atoms with Crippen LogP contribution in [-0.2, 0) is 9.59 Å². The molecular weight excluding hydrogens is 264 g/mol. The van der Waals surface area contributed by atoms with Gasteiger partial charge in [0.1, 0.15) is 0 Å². The first-order valence-corrected chi connectivity index (χ1v) is 8.45. The second-order valence-corrected chi connectivity index (χ2v) is 6.62. The van der Waals surface area contributed by atoms with Crippen LogP contribution < -0.4 is 0 Å². The van der Waals surface area contributed by atoms with Crippen molar-refractivity contribution in [2.45, 2.75) is 70.3 Å². The molecule has 4 heteroatoms.